The molecule has 0 bridgehead atoms. The smallest absolute Gasteiger partial charge is 0.412 e. The summed E-state index contributed by atoms with van der Waals surface area (Å²) in [6.07, 6.45) is -0.603. The van der Waals surface area contributed by atoms with Crippen molar-refractivity contribution in [3.05, 3.63) is 41.5 Å². The standard InChI is InChI=1S/C26H31NO10S/c1-25(2,3)36-24(30)27-13-22(35-26(27,4)5)19-12-21-20(33-14-34-21)11-18(19)17-10-16(37-38(6,31)32)8-7-15(17)9-23(28)29/h7-8,10-12,22H,9,13-14H2,1-6H3,(H,28,29)/t22-/m0/s1. The van der Waals surface area contributed by atoms with E-state index in [9.17, 15) is 23.1 Å². The fraction of sp³-hybridized carbons (Fsp3) is 0.462. The minimum absolute atomic E-state index is 0.00150. The summed E-state index contributed by atoms with van der Waals surface area (Å²) < 4.78 is 51.7. The zero-order valence-electron chi connectivity index (χ0n) is 22.1. The van der Waals surface area contributed by atoms with Crippen molar-refractivity contribution in [3.63, 3.8) is 0 Å². The molecule has 1 saturated heterocycles. The van der Waals surface area contributed by atoms with Crippen molar-refractivity contribution in [2.45, 2.75) is 58.5 Å². The second kappa shape index (κ2) is 9.66. The normalized spacial score (nSPS) is 18.4. The fourth-order valence-corrected chi connectivity index (χ4v) is 4.87. The number of carboxylic acids is 1. The van der Waals surface area contributed by atoms with Crippen LogP contribution in [-0.2, 0) is 30.8 Å². The van der Waals surface area contributed by atoms with Crippen LogP contribution in [0.2, 0.25) is 0 Å². The molecular weight excluding hydrogens is 518 g/mol. The van der Waals surface area contributed by atoms with Gasteiger partial charge in [-0.25, -0.2) is 4.79 Å². The molecule has 1 fully saturated rings. The Labute approximate surface area is 221 Å². The van der Waals surface area contributed by atoms with Crippen molar-refractivity contribution in [2.24, 2.45) is 0 Å². The van der Waals surface area contributed by atoms with Crippen LogP contribution in [0.1, 0.15) is 51.8 Å². The fourth-order valence-electron chi connectivity index (χ4n) is 4.42. The third-order valence-electron chi connectivity index (χ3n) is 5.90. The van der Waals surface area contributed by atoms with Gasteiger partial charge in [0.2, 0.25) is 6.79 Å². The van der Waals surface area contributed by atoms with Crippen LogP contribution in [0.5, 0.6) is 17.2 Å². The monoisotopic (exact) mass is 549 g/mol. The van der Waals surface area contributed by atoms with Gasteiger partial charge in [-0.05, 0) is 81.1 Å². The minimum atomic E-state index is -3.84. The summed E-state index contributed by atoms with van der Waals surface area (Å²) in [5.41, 5.74) is 0.221. The van der Waals surface area contributed by atoms with Crippen molar-refractivity contribution in [1.82, 2.24) is 4.90 Å². The van der Waals surface area contributed by atoms with Crippen LogP contribution in [0.15, 0.2) is 30.3 Å². The number of amides is 1. The second-order valence-electron chi connectivity index (χ2n) is 10.6. The van der Waals surface area contributed by atoms with Crippen molar-refractivity contribution in [2.75, 3.05) is 19.6 Å². The van der Waals surface area contributed by atoms with E-state index in [0.717, 1.165) is 6.26 Å². The highest BCUT2D eigenvalue weighted by molar-refractivity contribution is 7.86. The number of hydrogen-bond acceptors (Lipinski definition) is 9. The number of carboxylic acid groups (broad SMARTS) is 1. The lowest BCUT2D eigenvalue weighted by atomic mass is 9.91. The summed E-state index contributed by atoms with van der Waals surface area (Å²) in [5.74, 6) is -0.159. The van der Waals surface area contributed by atoms with Gasteiger partial charge < -0.3 is 28.2 Å². The van der Waals surface area contributed by atoms with Crippen molar-refractivity contribution in [1.29, 1.82) is 0 Å². The quantitative estimate of drug-likeness (QED) is 0.524. The summed E-state index contributed by atoms with van der Waals surface area (Å²) >= 11 is 0. The van der Waals surface area contributed by atoms with E-state index in [0.29, 0.717) is 33.8 Å². The number of rotatable bonds is 6. The molecule has 0 aliphatic carbocycles. The van der Waals surface area contributed by atoms with Crippen LogP contribution >= 0.6 is 0 Å². The number of nitrogens with zero attached hydrogens (tertiary/aromatic N) is 1. The van der Waals surface area contributed by atoms with Gasteiger partial charge in [0.15, 0.2) is 11.5 Å². The van der Waals surface area contributed by atoms with Gasteiger partial charge in [-0.1, -0.05) is 6.07 Å². The van der Waals surface area contributed by atoms with Gasteiger partial charge in [-0.15, -0.1) is 0 Å². The number of ether oxygens (including phenoxy) is 4. The SMILES string of the molecule is CC(C)(C)OC(=O)N1C[C@@H](c2cc3c(cc2-c2cc(OS(C)(=O)=O)ccc2CC(=O)O)OCO3)OC1(C)C. The van der Waals surface area contributed by atoms with Crippen molar-refractivity contribution >= 4 is 22.2 Å². The number of aliphatic carboxylic acids is 1. The second-order valence-corrected chi connectivity index (χ2v) is 12.2. The maximum Gasteiger partial charge on any atom is 0.412 e. The number of hydrogen-bond donors (Lipinski definition) is 1. The molecule has 4 rings (SSSR count). The molecular formula is C26H31NO10S. The maximum atomic E-state index is 13.0. The van der Waals surface area contributed by atoms with Gasteiger partial charge in [0.05, 0.1) is 19.2 Å². The molecule has 0 aromatic heterocycles. The van der Waals surface area contributed by atoms with Crippen LogP contribution < -0.4 is 13.7 Å². The first kappa shape index (κ1) is 27.5. The van der Waals surface area contributed by atoms with Crippen LogP contribution in [0, 0.1) is 0 Å². The first-order valence-corrected chi connectivity index (χ1v) is 13.7. The molecule has 1 N–H and O–H groups in total. The van der Waals surface area contributed by atoms with E-state index in [2.05, 4.69) is 0 Å². The molecule has 12 heteroatoms. The summed E-state index contributed by atoms with van der Waals surface area (Å²) in [7, 11) is -3.84. The third kappa shape index (κ3) is 6.13. The Hall–Kier alpha value is -3.51. The zero-order chi connectivity index (χ0) is 28.0. The molecule has 2 aromatic carbocycles. The molecule has 2 aromatic rings. The Morgan fingerprint density at radius 3 is 2.37 bits per heavy atom. The van der Waals surface area contributed by atoms with Crippen molar-refractivity contribution < 1.29 is 46.2 Å². The molecule has 2 aliphatic heterocycles. The lowest BCUT2D eigenvalue weighted by Gasteiger charge is -2.31. The zero-order valence-corrected chi connectivity index (χ0v) is 22.9. The molecule has 2 aliphatic rings. The Balaban J connectivity index is 1.84. The lowest BCUT2D eigenvalue weighted by molar-refractivity contribution is -0.136. The van der Waals surface area contributed by atoms with Gasteiger partial charge in [-0.3, -0.25) is 9.69 Å². The predicted octanol–water partition coefficient (Wildman–Crippen LogP) is 4.09. The van der Waals surface area contributed by atoms with E-state index < -0.39 is 39.6 Å². The molecule has 0 radical (unpaired) electrons. The molecule has 1 amide bonds. The van der Waals surface area contributed by atoms with Crippen LogP contribution in [0.4, 0.5) is 4.79 Å². The molecule has 38 heavy (non-hydrogen) atoms. The summed E-state index contributed by atoms with van der Waals surface area (Å²) in [6.45, 7) is 8.97. The number of carbonyl (C=O) groups is 2. The predicted molar refractivity (Wildman–Crippen MR) is 136 cm³/mol. The average molecular weight is 550 g/mol. The van der Waals surface area contributed by atoms with Crippen LogP contribution in [0.25, 0.3) is 11.1 Å². The van der Waals surface area contributed by atoms with E-state index in [-0.39, 0.29) is 25.5 Å². The van der Waals surface area contributed by atoms with Gasteiger partial charge in [0, 0.05) is 0 Å². The van der Waals surface area contributed by atoms with Crippen LogP contribution in [-0.4, -0.2) is 61.4 Å². The van der Waals surface area contributed by atoms with E-state index in [1.54, 1.807) is 46.8 Å². The highest BCUT2D eigenvalue weighted by Crippen LogP contribution is 2.47. The molecule has 0 spiro atoms. The first-order chi connectivity index (χ1) is 17.5. The number of fused-ring (bicyclic) bond motifs is 1. The molecule has 206 valence electrons. The Morgan fingerprint density at radius 1 is 1.11 bits per heavy atom. The summed E-state index contributed by atoms with van der Waals surface area (Å²) in [6, 6.07) is 7.78. The van der Waals surface area contributed by atoms with E-state index in [1.807, 2.05) is 0 Å². The number of benzene rings is 2. The number of carbonyl (C=O) groups excluding carboxylic acids is 1. The molecule has 11 nitrogen and oxygen atoms in total. The molecule has 2 heterocycles. The lowest BCUT2D eigenvalue weighted by Crippen LogP contribution is -2.46. The molecule has 1 atom stereocenters. The van der Waals surface area contributed by atoms with E-state index in [1.165, 1.54) is 23.1 Å². The average Bonchev–Trinajstić information content (AvgIpc) is 3.34. The third-order valence-corrected chi connectivity index (χ3v) is 6.39. The van der Waals surface area contributed by atoms with Gasteiger partial charge >= 0.3 is 22.2 Å². The highest BCUT2D eigenvalue weighted by Gasteiger charge is 2.45. The van der Waals surface area contributed by atoms with Gasteiger partial charge in [-0.2, -0.15) is 8.42 Å². The molecule has 0 saturated carbocycles. The Kier molecular flexibility index (Phi) is 7.00. The Bertz CT molecular complexity index is 1380. The summed E-state index contributed by atoms with van der Waals surface area (Å²) in [4.78, 5) is 26.1. The van der Waals surface area contributed by atoms with Gasteiger partial charge in [0.25, 0.3) is 0 Å². The Morgan fingerprint density at radius 2 is 1.76 bits per heavy atom. The van der Waals surface area contributed by atoms with Crippen molar-refractivity contribution in [3.8, 4) is 28.4 Å². The van der Waals surface area contributed by atoms with E-state index in [4.69, 9.17) is 23.1 Å². The highest BCUT2D eigenvalue weighted by atomic mass is 32.2. The topological polar surface area (TPSA) is 138 Å². The largest absolute Gasteiger partial charge is 0.481 e. The minimum Gasteiger partial charge on any atom is -0.481 e. The maximum absolute atomic E-state index is 13.0. The van der Waals surface area contributed by atoms with Crippen LogP contribution in [0.3, 0.4) is 0 Å². The van der Waals surface area contributed by atoms with Gasteiger partial charge in [0.1, 0.15) is 23.2 Å². The summed E-state index contributed by atoms with van der Waals surface area (Å²) in [5, 5.41) is 9.53. The first-order valence-electron chi connectivity index (χ1n) is 11.9. The van der Waals surface area contributed by atoms with E-state index >= 15 is 0 Å². The molecule has 0 unspecified atom stereocenters.